The molecular weight excluding hydrogens is 605 g/mol. The van der Waals surface area contributed by atoms with Crippen molar-refractivity contribution in [1.82, 2.24) is 0 Å². The molecule has 0 amide bonds. The van der Waals surface area contributed by atoms with E-state index in [1.807, 2.05) is 36.4 Å². The van der Waals surface area contributed by atoms with Gasteiger partial charge in [0.15, 0.2) is 6.04 Å². The zero-order valence-electron chi connectivity index (χ0n) is 21.0. The normalized spacial score (nSPS) is 11.2. The number of nitrogens with two attached hydrogens (primary N) is 1. The molecule has 1 unspecified atom stereocenters. The van der Waals surface area contributed by atoms with E-state index in [4.69, 9.17) is 25.4 Å². The lowest BCUT2D eigenvalue weighted by molar-refractivity contribution is -0.144. The Morgan fingerprint density at radius 3 is 2.38 bits per heavy atom. The highest BCUT2D eigenvalue weighted by Crippen LogP contribution is 2.35. The molecule has 0 aliphatic carbocycles. The van der Waals surface area contributed by atoms with E-state index in [9.17, 15) is 4.79 Å². The summed E-state index contributed by atoms with van der Waals surface area (Å²) in [6.45, 7) is 5.36. The summed E-state index contributed by atoms with van der Waals surface area (Å²) in [6, 6.07) is 20.3. The number of hydrogen-bond donors (Lipinski definition) is 3. The van der Waals surface area contributed by atoms with E-state index in [1.54, 1.807) is 31.2 Å². The number of aryl methyl sites for hydroxylation is 1. The standard InChI is InChI=1S/C28H32IN3O4.ClH/c1-3-20-16-22(29)17-24(26(20)36-15-14-34-18-19-8-6-5-7-9-19)25(28(33)35-4-2)32-23-12-10-21(11-13-23)27(30)31;/h5-13,16-17,25,32H,3-4,14-15,18H2,1-2H3,(H3,30,31);1H. The topological polar surface area (TPSA) is 107 Å². The van der Waals surface area contributed by atoms with Crippen molar-refractivity contribution in [2.75, 3.05) is 25.1 Å². The number of ether oxygens (including phenoxy) is 3. The fourth-order valence-corrected chi connectivity index (χ4v) is 4.41. The zero-order valence-corrected chi connectivity index (χ0v) is 23.9. The number of carbonyl (C=O) groups is 1. The molecule has 0 aromatic heterocycles. The van der Waals surface area contributed by atoms with Gasteiger partial charge >= 0.3 is 5.97 Å². The van der Waals surface area contributed by atoms with Crippen molar-refractivity contribution in [3.63, 3.8) is 0 Å². The maximum atomic E-state index is 13.1. The fourth-order valence-electron chi connectivity index (χ4n) is 3.70. The van der Waals surface area contributed by atoms with Crippen LogP contribution in [0, 0.1) is 8.98 Å². The Morgan fingerprint density at radius 1 is 1.05 bits per heavy atom. The molecule has 0 radical (unpaired) electrons. The lowest BCUT2D eigenvalue weighted by Gasteiger charge is -2.24. The van der Waals surface area contributed by atoms with Gasteiger partial charge in [-0.15, -0.1) is 12.4 Å². The molecular formula is C28H33ClIN3O4. The van der Waals surface area contributed by atoms with E-state index < -0.39 is 12.0 Å². The Hall–Kier alpha value is -2.82. The smallest absolute Gasteiger partial charge is 0.333 e. The van der Waals surface area contributed by atoms with Crippen LogP contribution in [-0.4, -0.2) is 31.6 Å². The van der Waals surface area contributed by atoms with E-state index in [0.29, 0.717) is 42.4 Å². The molecule has 9 heteroatoms. The second-order valence-electron chi connectivity index (χ2n) is 8.04. The highest BCUT2D eigenvalue weighted by molar-refractivity contribution is 14.1. The molecule has 0 saturated heterocycles. The summed E-state index contributed by atoms with van der Waals surface area (Å²) in [4.78, 5) is 13.1. The first-order valence-corrected chi connectivity index (χ1v) is 12.9. The number of carbonyl (C=O) groups excluding carboxylic acids is 1. The first-order valence-electron chi connectivity index (χ1n) is 11.9. The predicted octanol–water partition coefficient (Wildman–Crippen LogP) is 5.87. The van der Waals surface area contributed by atoms with Gasteiger partial charge in [0, 0.05) is 20.4 Å². The number of halogens is 2. The van der Waals surface area contributed by atoms with E-state index in [2.05, 4.69) is 40.9 Å². The SMILES string of the molecule is CCOC(=O)C(Nc1ccc(C(=N)N)cc1)c1cc(I)cc(CC)c1OCCOCc1ccccc1.Cl. The second kappa shape index (κ2) is 15.4. The zero-order chi connectivity index (χ0) is 25.9. The van der Waals surface area contributed by atoms with E-state index >= 15 is 0 Å². The number of amidine groups is 1. The summed E-state index contributed by atoms with van der Waals surface area (Å²) < 4.78 is 18.4. The average Bonchev–Trinajstić information content (AvgIpc) is 2.88. The summed E-state index contributed by atoms with van der Waals surface area (Å²) in [5, 5.41) is 10.9. The molecule has 0 fully saturated rings. The molecule has 37 heavy (non-hydrogen) atoms. The Bertz CT molecular complexity index is 1160. The lowest BCUT2D eigenvalue weighted by Crippen LogP contribution is -2.25. The van der Waals surface area contributed by atoms with Gasteiger partial charge in [-0.05, 0) is 83.5 Å². The molecule has 4 N–H and O–H groups in total. The van der Waals surface area contributed by atoms with Gasteiger partial charge < -0.3 is 25.3 Å². The minimum absolute atomic E-state index is 0. The third kappa shape index (κ3) is 8.91. The highest BCUT2D eigenvalue weighted by atomic mass is 127. The molecule has 0 bridgehead atoms. The lowest BCUT2D eigenvalue weighted by atomic mass is 10.00. The summed E-state index contributed by atoms with van der Waals surface area (Å²) >= 11 is 2.25. The monoisotopic (exact) mass is 637 g/mol. The minimum Gasteiger partial charge on any atom is -0.491 e. The Kier molecular flexibility index (Phi) is 12.7. The third-order valence-electron chi connectivity index (χ3n) is 5.47. The Labute approximate surface area is 238 Å². The maximum absolute atomic E-state index is 13.1. The molecule has 0 spiro atoms. The highest BCUT2D eigenvalue weighted by Gasteiger charge is 2.27. The fraction of sp³-hybridized carbons (Fsp3) is 0.286. The molecule has 0 heterocycles. The van der Waals surface area contributed by atoms with Crippen molar-refractivity contribution in [1.29, 1.82) is 5.41 Å². The van der Waals surface area contributed by atoms with Gasteiger partial charge in [-0.3, -0.25) is 5.41 Å². The number of rotatable bonds is 13. The van der Waals surface area contributed by atoms with Crippen LogP contribution in [0.4, 0.5) is 5.69 Å². The number of benzene rings is 3. The van der Waals surface area contributed by atoms with E-state index in [0.717, 1.165) is 21.1 Å². The molecule has 7 nitrogen and oxygen atoms in total. The van der Waals surface area contributed by atoms with E-state index in [1.165, 1.54) is 0 Å². The summed E-state index contributed by atoms with van der Waals surface area (Å²) in [6.07, 6.45) is 0.743. The van der Waals surface area contributed by atoms with Crippen LogP contribution in [0.3, 0.4) is 0 Å². The third-order valence-corrected chi connectivity index (χ3v) is 6.09. The quantitative estimate of drug-likeness (QED) is 0.0712. The Balaban J connectivity index is 0.00000481. The van der Waals surface area contributed by atoms with Crippen molar-refractivity contribution < 1.29 is 19.0 Å². The molecule has 3 aromatic carbocycles. The van der Waals surface area contributed by atoms with Gasteiger partial charge in [-0.25, -0.2) is 4.79 Å². The molecule has 1 atom stereocenters. The summed E-state index contributed by atoms with van der Waals surface area (Å²) in [7, 11) is 0. The van der Waals surface area contributed by atoms with Gasteiger partial charge in [0.25, 0.3) is 0 Å². The van der Waals surface area contributed by atoms with E-state index in [-0.39, 0.29) is 24.8 Å². The van der Waals surface area contributed by atoms with Crippen molar-refractivity contribution in [3.05, 3.63) is 92.6 Å². The maximum Gasteiger partial charge on any atom is 0.333 e. The largest absolute Gasteiger partial charge is 0.491 e. The number of anilines is 1. The number of hydrogen-bond acceptors (Lipinski definition) is 6. The summed E-state index contributed by atoms with van der Waals surface area (Å²) in [5.41, 5.74) is 9.69. The summed E-state index contributed by atoms with van der Waals surface area (Å²) in [5.74, 6) is 0.244. The minimum atomic E-state index is -0.784. The van der Waals surface area contributed by atoms with Gasteiger partial charge in [-0.2, -0.15) is 0 Å². The molecule has 198 valence electrons. The first kappa shape index (κ1) is 30.4. The molecule has 0 saturated carbocycles. The number of nitrogen functional groups attached to an aromatic ring is 1. The van der Waals surface area contributed by atoms with Gasteiger partial charge in [0.05, 0.1) is 19.8 Å². The van der Waals surface area contributed by atoms with Crippen molar-refractivity contribution in [3.8, 4) is 5.75 Å². The molecule has 0 aliphatic heterocycles. The number of nitrogens with one attached hydrogen (secondary N) is 2. The van der Waals surface area contributed by atoms with Crippen molar-refractivity contribution >= 4 is 52.5 Å². The molecule has 3 aromatic rings. The first-order chi connectivity index (χ1) is 17.4. The Morgan fingerprint density at radius 2 is 1.76 bits per heavy atom. The van der Waals surface area contributed by atoms with Crippen molar-refractivity contribution in [2.45, 2.75) is 32.9 Å². The van der Waals surface area contributed by atoms with Crippen LogP contribution in [0.5, 0.6) is 5.75 Å². The van der Waals surface area contributed by atoms with Gasteiger partial charge in [0.1, 0.15) is 18.2 Å². The van der Waals surface area contributed by atoms with Gasteiger partial charge in [0.2, 0.25) is 0 Å². The van der Waals surface area contributed by atoms with Crippen LogP contribution >= 0.6 is 35.0 Å². The molecule has 3 rings (SSSR count). The second-order valence-corrected chi connectivity index (χ2v) is 9.29. The van der Waals surface area contributed by atoms with Crippen molar-refractivity contribution in [2.24, 2.45) is 5.73 Å². The van der Waals surface area contributed by atoms with Crippen LogP contribution in [0.2, 0.25) is 0 Å². The van der Waals surface area contributed by atoms with Crippen LogP contribution < -0.4 is 15.8 Å². The van der Waals surface area contributed by atoms with Gasteiger partial charge in [-0.1, -0.05) is 37.3 Å². The van der Waals surface area contributed by atoms with Crippen LogP contribution in [0.1, 0.15) is 42.1 Å². The van der Waals surface area contributed by atoms with Crippen LogP contribution in [-0.2, 0) is 27.3 Å². The number of esters is 1. The van der Waals surface area contributed by atoms with Crippen LogP contribution in [0.15, 0.2) is 66.7 Å². The predicted molar refractivity (Wildman–Crippen MR) is 158 cm³/mol. The molecule has 0 aliphatic rings. The average molecular weight is 638 g/mol. The van der Waals surface area contributed by atoms with Crippen LogP contribution in [0.25, 0.3) is 0 Å².